The molecule has 2 N–H and O–H groups in total. The molecule has 1 aliphatic heterocycles. The molecule has 0 aliphatic carbocycles. The van der Waals surface area contributed by atoms with Crippen molar-refractivity contribution in [2.45, 2.75) is 58.8 Å². The Morgan fingerprint density at radius 2 is 1.67 bits per heavy atom. The van der Waals surface area contributed by atoms with E-state index >= 15 is 0 Å². The number of aliphatic hydroxyl groups is 1. The van der Waals surface area contributed by atoms with E-state index in [-0.39, 0.29) is 11.3 Å². The Labute approximate surface area is 108 Å². The molecule has 0 saturated carbocycles. The third-order valence-corrected chi connectivity index (χ3v) is 3.44. The Morgan fingerprint density at radius 3 is 2.11 bits per heavy atom. The van der Waals surface area contributed by atoms with Crippen LogP contribution in [-0.4, -0.2) is 16.9 Å². The van der Waals surface area contributed by atoms with Crippen LogP contribution in [0.25, 0.3) is 0 Å². The zero-order valence-corrected chi connectivity index (χ0v) is 11.3. The number of aliphatic hydroxyl groups excluding tert-OH is 1. The molecule has 102 valence electrons. The normalized spacial score (nSPS) is 15.7. The molecule has 0 saturated heterocycles. The summed E-state index contributed by atoms with van der Waals surface area (Å²) in [6.45, 7) is 4.36. The molecule has 0 atom stereocenters. The molecule has 2 amide bonds. The van der Waals surface area contributed by atoms with Gasteiger partial charge >= 0.3 is 0 Å². The fourth-order valence-corrected chi connectivity index (χ4v) is 2.53. The van der Waals surface area contributed by atoms with E-state index in [0.717, 1.165) is 12.8 Å². The van der Waals surface area contributed by atoms with Crippen molar-refractivity contribution < 1.29 is 14.7 Å². The van der Waals surface area contributed by atoms with Crippen molar-refractivity contribution in [2.24, 2.45) is 5.92 Å². The number of rotatable bonds is 8. The molecule has 1 aliphatic rings. The summed E-state index contributed by atoms with van der Waals surface area (Å²) in [5, 5.41) is 11.5. The summed E-state index contributed by atoms with van der Waals surface area (Å²) in [6.07, 6.45) is 7.18. The highest BCUT2D eigenvalue weighted by atomic mass is 16.3. The van der Waals surface area contributed by atoms with Crippen LogP contribution in [0.4, 0.5) is 0 Å². The van der Waals surface area contributed by atoms with Crippen molar-refractivity contribution in [3.05, 3.63) is 11.3 Å². The average Bonchev–Trinajstić information content (AvgIpc) is 2.56. The number of carbonyl (C=O) groups excluding carboxylic acids is 2. The summed E-state index contributed by atoms with van der Waals surface area (Å²) in [6, 6.07) is 0. The number of carbonyl (C=O) groups is 2. The average molecular weight is 253 g/mol. The zero-order valence-electron chi connectivity index (χ0n) is 11.3. The number of hydrogen-bond donors (Lipinski definition) is 2. The highest BCUT2D eigenvalue weighted by molar-refractivity contribution is 6.18. The van der Waals surface area contributed by atoms with Crippen molar-refractivity contribution in [3.63, 3.8) is 0 Å². The van der Waals surface area contributed by atoms with Gasteiger partial charge in [-0.25, -0.2) is 0 Å². The van der Waals surface area contributed by atoms with Crippen molar-refractivity contribution in [1.29, 1.82) is 0 Å². The second-order valence-corrected chi connectivity index (χ2v) is 4.95. The second-order valence-electron chi connectivity index (χ2n) is 4.95. The topological polar surface area (TPSA) is 66.4 Å². The molecule has 18 heavy (non-hydrogen) atoms. The van der Waals surface area contributed by atoms with Gasteiger partial charge in [0.05, 0.1) is 5.57 Å². The molecule has 0 radical (unpaired) electrons. The standard InChI is InChI=1S/C14H23NO3/c1-3-6-10(7-4-2)8-5-9-11-12(16)14(18)15-13(11)17/h10H,3-9H2,1-2H3,(H2,15,16,17,18). The predicted molar refractivity (Wildman–Crippen MR) is 70.0 cm³/mol. The zero-order chi connectivity index (χ0) is 13.5. The Hall–Kier alpha value is -1.32. The van der Waals surface area contributed by atoms with Gasteiger partial charge in [-0.05, 0) is 18.8 Å². The molecule has 0 bridgehead atoms. The van der Waals surface area contributed by atoms with Crippen LogP contribution in [0.1, 0.15) is 58.8 Å². The fourth-order valence-electron chi connectivity index (χ4n) is 2.53. The van der Waals surface area contributed by atoms with E-state index < -0.39 is 11.8 Å². The monoisotopic (exact) mass is 253 g/mol. The maximum Gasteiger partial charge on any atom is 0.293 e. The first kappa shape index (κ1) is 14.7. The van der Waals surface area contributed by atoms with Gasteiger partial charge in [0.2, 0.25) is 0 Å². The van der Waals surface area contributed by atoms with Crippen LogP contribution in [0.15, 0.2) is 11.3 Å². The van der Waals surface area contributed by atoms with E-state index in [9.17, 15) is 14.7 Å². The fraction of sp³-hybridized carbons (Fsp3) is 0.714. The van der Waals surface area contributed by atoms with E-state index in [0.29, 0.717) is 12.3 Å². The Kier molecular flexibility index (Phi) is 5.89. The highest BCUT2D eigenvalue weighted by Crippen LogP contribution is 2.23. The van der Waals surface area contributed by atoms with Gasteiger partial charge in [0.15, 0.2) is 5.76 Å². The largest absolute Gasteiger partial charge is 0.503 e. The van der Waals surface area contributed by atoms with Gasteiger partial charge in [-0.2, -0.15) is 0 Å². The quantitative estimate of drug-likeness (QED) is 0.654. The van der Waals surface area contributed by atoms with Crippen LogP contribution in [0.5, 0.6) is 0 Å². The minimum absolute atomic E-state index is 0.256. The van der Waals surface area contributed by atoms with Gasteiger partial charge in [-0.1, -0.05) is 46.0 Å². The lowest BCUT2D eigenvalue weighted by Crippen LogP contribution is -2.23. The van der Waals surface area contributed by atoms with Crippen LogP contribution >= 0.6 is 0 Å². The van der Waals surface area contributed by atoms with E-state index in [1.54, 1.807) is 0 Å². The van der Waals surface area contributed by atoms with Gasteiger partial charge in [-0.15, -0.1) is 0 Å². The highest BCUT2D eigenvalue weighted by Gasteiger charge is 2.29. The lowest BCUT2D eigenvalue weighted by Gasteiger charge is -2.14. The predicted octanol–water partition coefficient (Wildman–Crippen LogP) is 2.84. The molecule has 4 heteroatoms. The van der Waals surface area contributed by atoms with E-state index in [4.69, 9.17) is 0 Å². The second kappa shape index (κ2) is 7.19. The van der Waals surface area contributed by atoms with Crippen molar-refractivity contribution in [1.82, 2.24) is 5.32 Å². The molecular formula is C14H23NO3. The summed E-state index contributed by atoms with van der Waals surface area (Å²) in [4.78, 5) is 22.4. The minimum Gasteiger partial charge on any atom is -0.503 e. The summed E-state index contributed by atoms with van der Waals surface area (Å²) in [5.41, 5.74) is 0.256. The third-order valence-electron chi connectivity index (χ3n) is 3.44. The Balaban J connectivity index is 2.41. The number of hydrogen-bond acceptors (Lipinski definition) is 3. The SMILES string of the molecule is CCCC(CCC)CCCC1=C(O)C(=O)NC1=O. The molecular weight excluding hydrogens is 230 g/mol. The molecule has 4 nitrogen and oxygen atoms in total. The molecule has 0 aromatic heterocycles. The molecule has 0 fully saturated rings. The van der Waals surface area contributed by atoms with Gasteiger partial charge in [-0.3, -0.25) is 14.9 Å². The smallest absolute Gasteiger partial charge is 0.293 e. The first-order valence-corrected chi connectivity index (χ1v) is 6.87. The van der Waals surface area contributed by atoms with Gasteiger partial charge in [0.1, 0.15) is 0 Å². The maximum absolute atomic E-state index is 11.4. The molecule has 0 aromatic carbocycles. The molecule has 1 rings (SSSR count). The van der Waals surface area contributed by atoms with Crippen LogP contribution in [-0.2, 0) is 9.59 Å². The minimum atomic E-state index is -0.659. The lowest BCUT2D eigenvalue weighted by atomic mass is 9.91. The first-order valence-electron chi connectivity index (χ1n) is 6.87. The van der Waals surface area contributed by atoms with Crippen molar-refractivity contribution in [3.8, 4) is 0 Å². The van der Waals surface area contributed by atoms with Gasteiger partial charge in [0, 0.05) is 0 Å². The summed E-state index contributed by atoms with van der Waals surface area (Å²) in [5.74, 6) is -0.779. The van der Waals surface area contributed by atoms with Gasteiger partial charge < -0.3 is 5.11 Å². The van der Waals surface area contributed by atoms with Crippen LogP contribution in [0.3, 0.4) is 0 Å². The summed E-state index contributed by atoms with van der Waals surface area (Å²) < 4.78 is 0. The molecule has 0 spiro atoms. The third kappa shape index (κ3) is 3.86. The lowest BCUT2D eigenvalue weighted by molar-refractivity contribution is -0.125. The molecule has 0 unspecified atom stereocenters. The number of imide groups is 1. The van der Waals surface area contributed by atoms with Gasteiger partial charge in [0.25, 0.3) is 11.8 Å². The van der Waals surface area contributed by atoms with Crippen LogP contribution in [0.2, 0.25) is 0 Å². The summed E-state index contributed by atoms with van der Waals surface area (Å²) >= 11 is 0. The van der Waals surface area contributed by atoms with Crippen LogP contribution in [0, 0.1) is 5.92 Å². The molecule has 0 aromatic rings. The summed E-state index contributed by atoms with van der Waals surface area (Å²) in [7, 11) is 0. The number of amides is 2. The first-order chi connectivity index (χ1) is 8.60. The maximum atomic E-state index is 11.4. The number of nitrogens with one attached hydrogen (secondary N) is 1. The van der Waals surface area contributed by atoms with Crippen LogP contribution < -0.4 is 5.32 Å². The Morgan fingerprint density at radius 1 is 1.06 bits per heavy atom. The van der Waals surface area contributed by atoms with Crippen molar-refractivity contribution in [2.75, 3.05) is 0 Å². The Bertz CT molecular complexity index is 341. The van der Waals surface area contributed by atoms with Crippen molar-refractivity contribution >= 4 is 11.8 Å². The van der Waals surface area contributed by atoms with E-state index in [1.165, 1.54) is 25.7 Å². The van der Waals surface area contributed by atoms with E-state index in [2.05, 4.69) is 19.2 Å². The molecule has 1 heterocycles. The van der Waals surface area contributed by atoms with E-state index in [1.807, 2.05) is 0 Å².